The third-order valence-electron chi connectivity index (χ3n) is 1.95. The number of halogens is 1. The van der Waals surface area contributed by atoms with Gasteiger partial charge in [-0.3, -0.25) is 4.79 Å². The monoisotopic (exact) mass is 283 g/mol. The summed E-state index contributed by atoms with van der Waals surface area (Å²) in [6.07, 6.45) is 1.06. The van der Waals surface area contributed by atoms with Gasteiger partial charge < -0.3 is 10.5 Å². The van der Waals surface area contributed by atoms with Crippen molar-refractivity contribution >= 4 is 27.4 Å². The van der Waals surface area contributed by atoms with E-state index in [-0.39, 0.29) is 17.4 Å². The Kier molecular flexibility index (Phi) is 6.74. The zero-order valence-corrected chi connectivity index (χ0v) is 11.7. The van der Waals surface area contributed by atoms with Crippen LogP contribution in [0, 0.1) is 0 Å². The third-order valence-corrected chi connectivity index (χ3v) is 4.64. The van der Waals surface area contributed by atoms with Crippen LogP contribution in [0.2, 0.25) is 0 Å². The topological polar surface area (TPSA) is 86.5 Å². The van der Waals surface area contributed by atoms with Gasteiger partial charge in [0.25, 0.3) is 0 Å². The van der Waals surface area contributed by atoms with Gasteiger partial charge in [-0.05, 0) is 26.8 Å². The molecule has 0 aliphatic rings. The van der Waals surface area contributed by atoms with E-state index in [0.29, 0.717) is 0 Å². The molecule has 0 radical (unpaired) electrons. The molecule has 0 fully saturated rings. The summed E-state index contributed by atoms with van der Waals surface area (Å²) in [6, 6.07) is -0.768. The first-order chi connectivity index (χ1) is 7.71. The van der Waals surface area contributed by atoms with E-state index in [1.165, 1.54) is 13.8 Å². The second-order valence-electron chi connectivity index (χ2n) is 3.74. The standard InChI is InChI=1S/C10H18ClNO4S/c1-4-16-10(13)6-8(12)5-9(11)17(14,15)7(2)3/h5,7-8H,4,6,12H2,1-3H3/t8-/m1/s1. The summed E-state index contributed by atoms with van der Waals surface area (Å²) in [7, 11) is -3.53. The Morgan fingerprint density at radius 1 is 1.47 bits per heavy atom. The van der Waals surface area contributed by atoms with Gasteiger partial charge in [0.15, 0.2) is 9.84 Å². The molecule has 0 aliphatic heterocycles. The molecule has 0 saturated carbocycles. The predicted octanol–water partition coefficient (Wildman–Crippen LogP) is 1.17. The van der Waals surface area contributed by atoms with Crippen LogP contribution in [-0.2, 0) is 19.4 Å². The Labute approximate surface area is 107 Å². The molecule has 100 valence electrons. The summed E-state index contributed by atoms with van der Waals surface area (Å²) in [5.74, 6) is -0.484. The fourth-order valence-electron chi connectivity index (χ4n) is 0.960. The lowest BCUT2D eigenvalue weighted by Gasteiger charge is -2.09. The number of hydrogen-bond donors (Lipinski definition) is 1. The number of rotatable bonds is 6. The summed E-state index contributed by atoms with van der Waals surface area (Å²) in [4.78, 5) is 11.1. The van der Waals surface area contributed by atoms with Gasteiger partial charge in [0.2, 0.25) is 0 Å². The maximum Gasteiger partial charge on any atom is 0.307 e. The average molecular weight is 284 g/mol. The Bertz CT molecular complexity index is 389. The second-order valence-corrected chi connectivity index (χ2v) is 6.84. The van der Waals surface area contributed by atoms with Crippen LogP contribution in [0.5, 0.6) is 0 Å². The molecule has 0 heterocycles. The van der Waals surface area contributed by atoms with E-state index < -0.39 is 27.1 Å². The van der Waals surface area contributed by atoms with E-state index in [4.69, 9.17) is 17.3 Å². The molecular formula is C10H18ClNO4S. The molecule has 0 spiro atoms. The average Bonchev–Trinajstić information content (AvgIpc) is 2.16. The van der Waals surface area contributed by atoms with Crippen molar-refractivity contribution < 1.29 is 17.9 Å². The van der Waals surface area contributed by atoms with Gasteiger partial charge in [0.05, 0.1) is 18.3 Å². The highest BCUT2D eigenvalue weighted by Crippen LogP contribution is 2.18. The number of carbonyl (C=O) groups is 1. The Morgan fingerprint density at radius 3 is 2.41 bits per heavy atom. The van der Waals surface area contributed by atoms with Gasteiger partial charge in [-0.1, -0.05) is 11.6 Å². The number of nitrogens with two attached hydrogens (primary N) is 1. The molecule has 2 N–H and O–H groups in total. The summed E-state index contributed by atoms with van der Waals surface area (Å²) < 4.78 is 27.6. The molecule has 7 heteroatoms. The SMILES string of the molecule is CCOC(=O)C[C@H](N)C=C(Cl)S(=O)(=O)C(C)C. The summed E-state index contributed by atoms with van der Waals surface area (Å²) in [5, 5.41) is -0.624. The van der Waals surface area contributed by atoms with Crippen molar-refractivity contribution in [3.05, 3.63) is 10.4 Å². The minimum absolute atomic E-state index is 0.0995. The van der Waals surface area contributed by atoms with Crippen molar-refractivity contribution in [2.45, 2.75) is 38.5 Å². The summed E-state index contributed by atoms with van der Waals surface area (Å²) in [6.45, 7) is 4.97. The van der Waals surface area contributed by atoms with Crippen LogP contribution in [0.15, 0.2) is 10.4 Å². The molecule has 17 heavy (non-hydrogen) atoms. The molecule has 0 unspecified atom stereocenters. The minimum atomic E-state index is -3.53. The highest BCUT2D eigenvalue weighted by atomic mass is 35.5. The Morgan fingerprint density at radius 2 is 2.00 bits per heavy atom. The molecule has 0 aromatic carbocycles. The maximum atomic E-state index is 11.6. The highest BCUT2D eigenvalue weighted by molar-refractivity contribution is 7.97. The quantitative estimate of drug-likeness (QED) is 0.740. The van der Waals surface area contributed by atoms with Crippen LogP contribution < -0.4 is 5.73 Å². The van der Waals surface area contributed by atoms with E-state index in [2.05, 4.69) is 4.74 Å². The van der Waals surface area contributed by atoms with Gasteiger partial charge in [0.1, 0.15) is 4.36 Å². The lowest BCUT2D eigenvalue weighted by Crippen LogP contribution is -2.24. The maximum absolute atomic E-state index is 11.6. The number of ether oxygens (including phenoxy) is 1. The third kappa shape index (κ3) is 5.52. The molecular weight excluding hydrogens is 266 g/mol. The van der Waals surface area contributed by atoms with E-state index in [1.807, 2.05) is 0 Å². The highest BCUT2D eigenvalue weighted by Gasteiger charge is 2.21. The Hall–Kier alpha value is -0.590. The first-order valence-electron chi connectivity index (χ1n) is 5.24. The van der Waals surface area contributed by atoms with Crippen molar-refractivity contribution in [1.82, 2.24) is 0 Å². The molecule has 0 rings (SSSR count). The predicted molar refractivity (Wildman–Crippen MR) is 67.2 cm³/mol. The number of carbonyl (C=O) groups excluding carboxylic acids is 1. The molecule has 1 atom stereocenters. The summed E-state index contributed by atoms with van der Waals surface area (Å²) in [5.41, 5.74) is 5.58. The molecule has 0 aromatic heterocycles. The first-order valence-corrected chi connectivity index (χ1v) is 7.16. The van der Waals surface area contributed by atoms with E-state index in [0.717, 1.165) is 6.08 Å². The van der Waals surface area contributed by atoms with Crippen LogP contribution in [0.3, 0.4) is 0 Å². The van der Waals surface area contributed by atoms with Gasteiger partial charge in [-0.25, -0.2) is 8.42 Å². The van der Waals surface area contributed by atoms with Crippen molar-refractivity contribution in [3.63, 3.8) is 0 Å². The van der Waals surface area contributed by atoms with Crippen molar-refractivity contribution in [3.8, 4) is 0 Å². The molecule has 0 amide bonds. The molecule has 0 aliphatic carbocycles. The van der Waals surface area contributed by atoms with Crippen LogP contribution in [-0.4, -0.2) is 32.3 Å². The van der Waals surface area contributed by atoms with E-state index >= 15 is 0 Å². The fraction of sp³-hybridized carbons (Fsp3) is 0.700. The van der Waals surface area contributed by atoms with Gasteiger partial charge in [-0.15, -0.1) is 0 Å². The molecule has 0 aromatic rings. The van der Waals surface area contributed by atoms with E-state index in [9.17, 15) is 13.2 Å². The van der Waals surface area contributed by atoms with Crippen molar-refractivity contribution in [2.75, 3.05) is 6.61 Å². The zero-order chi connectivity index (χ0) is 13.6. The van der Waals surface area contributed by atoms with E-state index in [1.54, 1.807) is 6.92 Å². The van der Waals surface area contributed by atoms with Crippen LogP contribution in [0.1, 0.15) is 27.2 Å². The molecule has 0 saturated heterocycles. The number of sulfone groups is 1. The lowest BCUT2D eigenvalue weighted by molar-refractivity contribution is -0.143. The fourth-order valence-corrected chi connectivity index (χ4v) is 2.47. The normalized spacial score (nSPS) is 14.8. The lowest BCUT2D eigenvalue weighted by atomic mass is 10.2. The van der Waals surface area contributed by atoms with Crippen LogP contribution in [0.4, 0.5) is 0 Å². The summed E-state index contributed by atoms with van der Waals surface area (Å²) >= 11 is 5.66. The minimum Gasteiger partial charge on any atom is -0.466 e. The van der Waals surface area contributed by atoms with Gasteiger partial charge in [-0.2, -0.15) is 0 Å². The van der Waals surface area contributed by atoms with Crippen molar-refractivity contribution in [2.24, 2.45) is 5.73 Å². The van der Waals surface area contributed by atoms with Crippen LogP contribution >= 0.6 is 11.6 Å². The second kappa shape index (κ2) is 6.98. The smallest absolute Gasteiger partial charge is 0.307 e. The van der Waals surface area contributed by atoms with Gasteiger partial charge >= 0.3 is 5.97 Å². The number of esters is 1. The molecule has 0 bridgehead atoms. The Balaban J connectivity index is 4.65. The molecule has 5 nitrogen and oxygen atoms in total. The first kappa shape index (κ1) is 16.4. The largest absolute Gasteiger partial charge is 0.466 e. The number of hydrogen-bond acceptors (Lipinski definition) is 5. The van der Waals surface area contributed by atoms with Gasteiger partial charge in [0, 0.05) is 6.04 Å². The van der Waals surface area contributed by atoms with Crippen LogP contribution in [0.25, 0.3) is 0 Å². The van der Waals surface area contributed by atoms with Crippen molar-refractivity contribution in [1.29, 1.82) is 0 Å². The zero-order valence-electron chi connectivity index (χ0n) is 10.1.